The zero-order valence-electron chi connectivity index (χ0n) is 6.88. The molecule has 1 aliphatic rings. The highest BCUT2D eigenvalue weighted by Gasteiger charge is 2.06. The number of allylic oxidation sites excluding steroid dienone is 4. The van der Waals surface area contributed by atoms with Crippen molar-refractivity contribution in [3.05, 3.63) is 23.8 Å². The van der Waals surface area contributed by atoms with E-state index in [1.807, 2.05) is 6.92 Å². The second-order valence-electron chi connectivity index (χ2n) is 3.01. The molecule has 0 aromatic heterocycles. The average molecular weight is 147 g/mol. The third-order valence-electron chi connectivity index (χ3n) is 1.97. The first-order chi connectivity index (χ1) is 5.33. The maximum atomic E-state index is 8.53. The summed E-state index contributed by atoms with van der Waals surface area (Å²) in [5, 5.41) is 8.53. The molecule has 0 radical (unpaired) electrons. The fraction of sp³-hybridized carbons (Fsp3) is 0.500. The van der Waals surface area contributed by atoms with Crippen molar-refractivity contribution in [2.24, 2.45) is 5.92 Å². The summed E-state index contributed by atoms with van der Waals surface area (Å²) in [6.45, 7) is 1.87. The van der Waals surface area contributed by atoms with Gasteiger partial charge in [-0.15, -0.1) is 0 Å². The van der Waals surface area contributed by atoms with Gasteiger partial charge in [-0.1, -0.05) is 18.2 Å². The van der Waals surface area contributed by atoms with Crippen LogP contribution in [0, 0.1) is 17.2 Å². The van der Waals surface area contributed by atoms with Crippen molar-refractivity contribution >= 4 is 0 Å². The largest absolute Gasteiger partial charge is 0.193 e. The minimum Gasteiger partial charge on any atom is -0.193 e. The van der Waals surface area contributed by atoms with Crippen LogP contribution >= 0.6 is 0 Å². The van der Waals surface area contributed by atoms with Crippen LogP contribution in [0.4, 0.5) is 0 Å². The second-order valence-corrected chi connectivity index (χ2v) is 3.01. The summed E-state index contributed by atoms with van der Waals surface area (Å²) in [5.74, 6) is 0.611. The van der Waals surface area contributed by atoms with E-state index in [2.05, 4.69) is 24.3 Å². The summed E-state index contributed by atoms with van der Waals surface area (Å²) >= 11 is 0. The van der Waals surface area contributed by atoms with Gasteiger partial charge in [-0.2, -0.15) is 5.26 Å². The van der Waals surface area contributed by atoms with E-state index in [1.165, 1.54) is 12.8 Å². The molecule has 0 saturated heterocycles. The van der Waals surface area contributed by atoms with Crippen molar-refractivity contribution in [2.45, 2.75) is 26.2 Å². The third-order valence-corrected chi connectivity index (χ3v) is 1.97. The smallest absolute Gasteiger partial charge is 0.0940 e. The molecule has 1 aliphatic carbocycles. The fourth-order valence-electron chi connectivity index (χ4n) is 1.36. The first-order valence-electron chi connectivity index (χ1n) is 4.06. The van der Waals surface area contributed by atoms with Gasteiger partial charge in [-0.25, -0.2) is 0 Å². The molecule has 1 heteroatoms. The van der Waals surface area contributed by atoms with Crippen LogP contribution in [0.5, 0.6) is 0 Å². The lowest BCUT2D eigenvalue weighted by Crippen LogP contribution is -1.98. The van der Waals surface area contributed by atoms with Crippen LogP contribution in [0.25, 0.3) is 0 Å². The Labute approximate surface area is 68.0 Å². The quantitative estimate of drug-likeness (QED) is 0.413. The topological polar surface area (TPSA) is 23.8 Å². The van der Waals surface area contributed by atoms with E-state index in [1.54, 1.807) is 0 Å². The van der Waals surface area contributed by atoms with Gasteiger partial charge >= 0.3 is 0 Å². The highest BCUT2D eigenvalue weighted by atomic mass is 14.2. The molecule has 58 valence electrons. The predicted molar refractivity (Wildman–Crippen MR) is 45.9 cm³/mol. The molecular formula is C10H13N. The molecule has 0 spiro atoms. The molecule has 0 aromatic rings. The molecule has 0 heterocycles. The van der Waals surface area contributed by atoms with Crippen molar-refractivity contribution in [1.29, 1.82) is 5.26 Å². The Morgan fingerprint density at radius 1 is 1.64 bits per heavy atom. The average Bonchev–Trinajstić information content (AvgIpc) is 2.06. The Morgan fingerprint density at radius 2 is 2.45 bits per heavy atom. The molecule has 0 saturated carbocycles. The van der Waals surface area contributed by atoms with Crippen molar-refractivity contribution in [1.82, 2.24) is 0 Å². The van der Waals surface area contributed by atoms with E-state index >= 15 is 0 Å². The van der Waals surface area contributed by atoms with Crippen LogP contribution in [0.1, 0.15) is 26.2 Å². The third kappa shape index (κ3) is 2.59. The Balaban J connectivity index is 2.50. The van der Waals surface area contributed by atoms with E-state index in [0.29, 0.717) is 5.92 Å². The molecule has 0 N–H and O–H groups in total. The van der Waals surface area contributed by atoms with Crippen molar-refractivity contribution in [3.63, 3.8) is 0 Å². The van der Waals surface area contributed by atoms with Gasteiger partial charge in [0, 0.05) is 5.57 Å². The molecule has 11 heavy (non-hydrogen) atoms. The van der Waals surface area contributed by atoms with E-state index in [0.717, 1.165) is 12.0 Å². The minimum absolute atomic E-state index is 0.611. The monoisotopic (exact) mass is 147 g/mol. The lowest BCUT2D eigenvalue weighted by molar-refractivity contribution is 0.581. The minimum atomic E-state index is 0.611. The standard InChI is InChI=1S/C10H13N/c1-9(8-11)7-10-5-3-2-4-6-10/h2-3,7,10H,4-6H2,1H3. The Kier molecular flexibility index (Phi) is 2.92. The molecule has 0 aliphatic heterocycles. The van der Waals surface area contributed by atoms with E-state index < -0.39 is 0 Å². The molecular weight excluding hydrogens is 134 g/mol. The molecule has 1 unspecified atom stereocenters. The Hall–Kier alpha value is -1.03. The summed E-state index contributed by atoms with van der Waals surface area (Å²) in [6.07, 6.45) is 9.99. The van der Waals surface area contributed by atoms with Gasteiger partial charge in [0.2, 0.25) is 0 Å². The molecule has 0 amide bonds. The van der Waals surface area contributed by atoms with E-state index in [9.17, 15) is 0 Å². The van der Waals surface area contributed by atoms with Crippen LogP contribution in [-0.2, 0) is 0 Å². The van der Waals surface area contributed by atoms with Crippen molar-refractivity contribution in [3.8, 4) is 6.07 Å². The highest BCUT2D eigenvalue weighted by Crippen LogP contribution is 2.20. The Morgan fingerprint density at radius 3 is 3.00 bits per heavy atom. The highest BCUT2D eigenvalue weighted by molar-refractivity contribution is 5.19. The van der Waals surface area contributed by atoms with E-state index in [-0.39, 0.29) is 0 Å². The first kappa shape index (κ1) is 8.07. The summed E-state index contributed by atoms with van der Waals surface area (Å²) in [6, 6.07) is 2.15. The van der Waals surface area contributed by atoms with Crippen LogP contribution in [0.3, 0.4) is 0 Å². The molecule has 1 nitrogen and oxygen atoms in total. The first-order valence-corrected chi connectivity index (χ1v) is 4.06. The number of hydrogen-bond acceptors (Lipinski definition) is 1. The van der Waals surface area contributed by atoms with Crippen LogP contribution in [-0.4, -0.2) is 0 Å². The van der Waals surface area contributed by atoms with Gasteiger partial charge in [-0.3, -0.25) is 0 Å². The second kappa shape index (κ2) is 3.98. The number of nitriles is 1. The summed E-state index contributed by atoms with van der Waals surface area (Å²) in [5.41, 5.74) is 0.852. The summed E-state index contributed by atoms with van der Waals surface area (Å²) in [4.78, 5) is 0. The van der Waals surface area contributed by atoms with Gasteiger partial charge in [-0.05, 0) is 32.1 Å². The van der Waals surface area contributed by atoms with Crippen LogP contribution in [0.2, 0.25) is 0 Å². The molecule has 0 fully saturated rings. The lowest BCUT2D eigenvalue weighted by atomic mass is 9.93. The number of nitrogens with zero attached hydrogens (tertiary/aromatic N) is 1. The lowest BCUT2D eigenvalue weighted by Gasteiger charge is -2.12. The number of rotatable bonds is 1. The van der Waals surface area contributed by atoms with Gasteiger partial charge in [0.05, 0.1) is 6.07 Å². The zero-order chi connectivity index (χ0) is 8.10. The van der Waals surface area contributed by atoms with Crippen LogP contribution in [0.15, 0.2) is 23.8 Å². The Bertz CT molecular complexity index is 218. The fourth-order valence-corrected chi connectivity index (χ4v) is 1.36. The maximum Gasteiger partial charge on any atom is 0.0940 e. The van der Waals surface area contributed by atoms with Crippen LogP contribution < -0.4 is 0 Å². The maximum absolute atomic E-state index is 8.53. The van der Waals surface area contributed by atoms with E-state index in [4.69, 9.17) is 5.26 Å². The van der Waals surface area contributed by atoms with Gasteiger partial charge < -0.3 is 0 Å². The van der Waals surface area contributed by atoms with Gasteiger partial charge in [0.1, 0.15) is 0 Å². The number of hydrogen-bond donors (Lipinski definition) is 0. The van der Waals surface area contributed by atoms with Crippen molar-refractivity contribution < 1.29 is 0 Å². The SMILES string of the molecule is CC(C#N)=CC1CC=CCC1. The summed E-state index contributed by atoms with van der Waals surface area (Å²) in [7, 11) is 0. The van der Waals surface area contributed by atoms with Gasteiger partial charge in [0.25, 0.3) is 0 Å². The zero-order valence-corrected chi connectivity index (χ0v) is 6.88. The molecule has 0 bridgehead atoms. The molecule has 1 atom stereocenters. The van der Waals surface area contributed by atoms with Crippen molar-refractivity contribution in [2.75, 3.05) is 0 Å². The summed E-state index contributed by atoms with van der Waals surface area (Å²) < 4.78 is 0. The molecule has 1 rings (SSSR count). The van der Waals surface area contributed by atoms with Gasteiger partial charge in [0.15, 0.2) is 0 Å². The predicted octanol–water partition coefficient (Wildman–Crippen LogP) is 2.81. The molecule has 0 aromatic carbocycles. The normalized spacial score (nSPS) is 24.7.